The monoisotopic (exact) mass is 246 g/mol. The zero-order valence-electron chi connectivity index (χ0n) is 10.5. The Morgan fingerprint density at radius 3 is 2.65 bits per heavy atom. The number of aromatic nitrogens is 2. The number of aromatic amines is 1. The molecule has 1 N–H and O–H groups in total. The van der Waals surface area contributed by atoms with Gasteiger partial charge in [0.15, 0.2) is 0 Å². The predicted octanol–water partition coefficient (Wildman–Crippen LogP) is 4.03. The lowest BCUT2D eigenvalue weighted by Gasteiger charge is -2.05. The number of H-pyrrole nitrogens is 1. The maximum Gasteiger partial charge on any atom is 0.122 e. The molecule has 0 aliphatic rings. The van der Waals surface area contributed by atoms with E-state index in [1.165, 1.54) is 16.8 Å². The van der Waals surface area contributed by atoms with Crippen molar-refractivity contribution >= 4 is 12.2 Å². The van der Waals surface area contributed by atoms with Crippen LogP contribution in [0.15, 0.2) is 30.3 Å². The molecule has 90 valence electrons. The van der Waals surface area contributed by atoms with E-state index in [0.29, 0.717) is 5.92 Å². The van der Waals surface area contributed by atoms with Crippen molar-refractivity contribution in [1.82, 2.24) is 9.78 Å². The minimum Gasteiger partial charge on any atom is -0.301 e. The fourth-order valence-electron chi connectivity index (χ4n) is 1.86. The van der Waals surface area contributed by atoms with E-state index in [2.05, 4.69) is 56.2 Å². The van der Waals surface area contributed by atoms with E-state index in [0.717, 1.165) is 11.2 Å². The normalized spacial score (nSPS) is 11.1. The zero-order chi connectivity index (χ0) is 12.4. The van der Waals surface area contributed by atoms with Crippen LogP contribution in [-0.2, 0) is 6.54 Å². The van der Waals surface area contributed by atoms with Crippen LogP contribution in [0.3, 0.4) is 0 Å². The van der Waals surface area contributed by atoms with Gasteiger partial charge in [0.05, 0.1) is 6.54 Å². The van der Waals surface area contributed by atoms with Crippen LogP contribution in [0, 0.1) is 11.6 Å². The maximum atomic E-state index is 5.36. The topological polar surface area (TPSA) is 20.7 Å². The van der Waals surface area contributed by atoms with Crippen LogP contribution < -0.4 is 0 Å². The first-order valence-corrected chi connectivity index (χ1v) is 6.32. The molecule has 0 radical (unpaired) electrons. The van der Waals surface area contributed by atoms with Crippen molar-refractivity contribution in [3.8, 4) is 0 Å². The van der Waals surface area contributed by atoms with Gasteiger partial charge in [-0.15, -0.1) is 0 Å². The fraction of sp³-hybridized carbons (Fsp3) is 0.357. The van der Waals surface area contributed by atoms with Gasteiger partial charge in [-0.05, 0) is 24.5 Å². The number of aryl methyl sites for hydroxylation is 1. The molecule has 0 amide bonds. The van der Waals surface area contributed by atoms with Gasteiger partial charge in [0.1, 0.15) is 4.64 Å². The van der Waals surface area contributed by atoms with Crippen molar-refractivity contribution in [2.75, 3.05) is 0 Å². The minimum absolute atomic E-state index is 0.482. The average molecular weight is 246 g/mol. The molecule has 0 fully saturated rings. The van der Waals surface area contributed by atoms with Gasteiger partial charge >= 0.3 is 0 Å². The molecule has 2 aromatic rings. The van der Waals surface area contributed by atoms with Crippen molar-refractivity contribution in [3.05, 3.63) is 51.8 Å². The summed E-state index contributed by atoms with van der Waals surface area (Å²) in [5, 5.41) is 3.36. The number of nitrogens with zero attached hydrogens (tertiary/aromatic N) is 1. The summed E-state index contributed by atoms with van der Waals surface area (Å²) in [6, 6.07) is 10.6. The molecular formula is C14H18N2S. The molecule has 0 atom stereocenters. The molecule has 0 aliphatic carbocycles. The quantitative estimate of drug-likeness (QED) is 0.811. The lowest BCUT2D eigenvalue weighted by molar-refractivity contribution is 0.650. The largest absolute Gasteiger partial charge is 0.301 e. The summed E-state index contributed by atoms with van der Waals surface area (Å²) in [4.78, 5) is 0. The highest BCUT2D eigenvalue weighted by molar-refractivity contribution is 7.71. The number of benzene rings is 1. The van der Waals surface area contributed by atoms with Gasteiger partial charge in [-0.25, -0.2) is 0 Å². The summed E-state index contributed by atoms with van der Waals surface area (Å²) in [6.07, 6.45) is 0. The molecule has 2 rings (SSSR count). The second-order valence-electron chi connectivity index (χ2n) is 4.78. The lowest BCUT2D eigenvalue weighted by Crippen LogP contribution is -2.03. The van der Waals surface area contributed by atoms with Gasteiger partial charge < -0.3 is 5.10 Å². The summed E-state index contributed by atoms with van der Waals surface area (Å²) in [5.74, 6) is 0.482. The van der Waals surface area contributed by atoms with E-state index in [1.54, 1.807) is 0 Å². The zero-order valence-corrected chi connectivity index (χ0v) is 11.3. The van der Waals surface area contributed by atoms with Gasteiger partial charge in [-0.1, -0.05) is 55.9 Å². The molecule has 2 nitrogen and oxygen atoms in total. The molecule has 0 bridgehead atoms. The van der Waals surface area contributed by atoms with E-state index in [9.17, 15) is 0 Å². The first kappa shape index (κ1) is 12.1. The Hall–Kier alpha value is -1.35. The Bertz CT molecular complexity index is 564. The van der Waals surface area contributed by atoms with Crippen molar-refractivity contribution in [2.45, 2.75) is 33.2 Å². The molecule has 0 saturated heterocycles. The molecule has 1 aromatic carbocycles. The van der Waals surface area contributed by atoms with E-state index < -0.39 is 0 Å². The highest BCUT2D eigenvalue weighted by Crippen LogP contribution is 2.13. The Labute approximate surface area is 107 Å². The third-order valence-electron chi connectivity index (χ3n) is 2.85. The summed E-state index contributed by atoms with van der Waals surface area (Å²) in [5.41, 5.74) is 3.76. The third-order valence-corrected chi connectivity index (χ3v) is 3.19. The van der Waals surface area contributed by atoms with Gasteiger partial charge in [0.2, 0.25) is 0 Å². The van der Waals surface area contributed by atoms with Gasteiger partial charge in [-0.2, -0.15) is 0 Å². The minimum atomic E-state index is 0.482. The molecule has 0 unspecified atom stereocenters. The second-order valence-corrected chi connectivity index (χ2v) is 5.20. The second kappa shape index (κ2) is 4.88. The number of nitrogens with one attached hydrogen (secondary N) is 1. The first-order valence-electron chi connectivity index (χ1n) is 5.91. The SMILES string of the molecule is Cc1cccc(Cn2[nH]c(C(C)C)cc2=S)c1. The molecule has 1 heterocycles. The lowest BCUT2D eigenvalue weighted by atomic mass is 10.1. The Morgan fingerprint density at radius 1 is 1.29 bits per heavy atom. The van der Waals surface area contributed by atoms with E-state index in [-0.39, 0.29) is 0 Å². The van der Waals surface area contributed by atoms with Crippen molar-refractivity contribution in [3.63, 3.8) is 0 Å². The summed E-state index contributed by atoms with van der Waals surface area (Å²) in [7, 11) is 0. The van der Waals surface area contributed by atoms with Gasteiger partial charge in [0, 0.05) is 5.69 Å². The number of hydrogen-bond acceptors (Lipinski definition) is 1. The first-order chi connectivity index (χ1) is 8.06. The summed E-state index contributed by atoms with van der Waals surface area (Å²) in [6.45, 7) is 7.25. The van der Waals surface area contributed by atoms with Crippen molar-refractivity contribution in [2.24, 2.45) is 0 Å². The van der Waals surface area contributed by atoms with Gasteiger partial charge in [0.25, 0.3) is 0 Å². The third kappa shape index (κ3) is 2.86. The van der Waals surface area contributed by atoms with Crippen LogP contribution in [0.5, 0.6) is 0 Å². The number of rotatable bonds is 3. The molecule has 1 aromatic heterocycles. The van der Waals surface area contributed by atoms with Crippen LogP contribution in [0.2, 0.25) is 0 Å². The smallest absolute Gasteiger partial charge is 0.122 e. The van der Waals surface area contributed by atoms with E-state index in [4.69, 9.17) is 12.2 Å². The fourth-order valence-corrected chi connectivity index (χ4v) is 2.10. The summed E-state index contributed by atoms with van der Waals surface area (Å²) < 4.78 is 2.90. The van der Waals surface area contributed by atoms with Crippen LogP contribution >= 0.6 is 12.2 Å². The predicted molar refractivity (Wildman–Crippen MR) is 74.0 cm³/mol. The average Bonchev–Trinajstić information content (AvgIpc) is 2.61. The van der Waals surface area contributed by atoms with E-state index >= 15 is 0 Å². The highest BCUT2D eigenvalue weighted by atomic mass is 32.1. The summed E-state index contributed by atoms with van der Waals surface area (Å²) >= 11 is 5.36. The van der Waals surface area contributed by atoms with Crippen LogP contribution in [0.25, 0.3) is 0 Å². The Balaban J connectivity index is 2.27. The molecular weight excluding hydrogens is 228 g/mol. The van der Waals surface area contributed by atoms with Gasteiger partial charge in [-0.3, -0.25) is 4.68 Å². The van der Waals surface area contributed by atoms with Crippen LogP contribution in [0.4, 0.5) is 0 Å². The standard InChI is InChI=1S/C14H18N2S/c1-10(2)13-8-14(17)16(15-13)9-12-6-4-5-11(3)7-12/h4-8,10,15H,9H2,1-3H3. The van der Waals surface area contributed by atoms with Crippen molar-refractivity contribution in [1.29, 1.82) is 0 Å². The molecule has 0 aliphatic heterocycles. The molecule has 0 spiro atoms. The number of hydrogen-bond donors (Lipinski definition) is 1. The Morgan fingerprint density at radius 2 is 2.06 bits per heavy atom. The van der Waals surface area contributed by atoms with Crippen LogP contribution in [0.1, 0.15) is 36.6 Å². The molecule has 0 saturated carbocycles. The molecule has 17 heavy (non-hydrogen) atoms. The van der Waals surface area contributed by atoms with Crippen LogP contribution in [-0.4, -0.2) is 9.78 Å². The molecule has 3 heteroatoms. The van der Waals surface area contributed by atoms with E-state index in [1.807, 2.05) is 4.68 Å². The highest BCUT2D eigenvalue weighted by Gasteiger charge is 2.04. The van der Waals surface area contributed by atoms with Crippen molar-refractivity contribution < 1.29 is 0 Å². The Kier molecular flexibility index (Phi) is 3.48. The maximum absolute atomic E-state index is 5.36.